The number of rotatable bonds is 9. The Morgan fingerprint density at radius 1 is 0.742 bits per heavy atom. The number of allylic oxidation sites excluding steroid dienone is 1. The molecule has 0 amide bonds. The fraction of sp³-hybridized carbons (Fsp3) is 0.915. The van der Waals surface area contributed by atoms with Crippen LogP contribution < -0.4 is 0 Å². The number of aliphatic hydroxyl groups is 10. The van der Waals surface area contributed by atoms with Crippen LogP contribution in [0.25, 0.3) is 0 Å². The van der Waals surface area contributed by atoms with Gasteiger partial charge < -0.3 is 84.2 Å². The van der Waals surface area contributed by atoms with Crippen molar-refractivity contribution in [3.05, 3.63) is 11.6 Å². The predicted octanol–water partition coefficient (Wildman–Crippen LogP) is -0.871. The zero-order valence-corrected chi connectivity index (χ0v) is 39.4. The molecule has 376 valence electrons. The van der Waals surface area contributed by atoms with E-state index in [2.05, 4.69) is 19.9 Å². The molecular weight excluding hydrogens is 868 g/mol. The summed E-state index contributed by atoms with van der Waals surface area (Å²) in [6.45, 7) is 15.5. The van der Waals surface area contributed by atoms with E-state index in [9.17, 15) is 55.9 Å². The predicted molar refractivity (Wildman–Crippen MR) is 226 cm³/mol. The summed E-state index contributed by atoms with van der Waals surface area (Å²) in [4.78, 5) is 28.8. The second-order valence-corrected chi connectivity index (χ2v) is 22.7. The Morgan fingerprint density at radius 3 is 2.05 bits per heavy atom. The molecule has 8 rings (SSSR count). The third-order valence-electron chi connectivity index (χ3n) is 18.2. The van der Waals surface area contributed by atoms with Gasteiger partial charge in [-0.05, 0) is 76.0 Å². The highest BCUT2D eigenvalue weighted by Gasteiger charge is 2.76. The third-order valence-corrected chi connectivity index (χ3v) is 18.2. The van der Waals surface area contributed by atoms with E-state index in [4.69, 9.17) is 33.2 Å². The van der Waals surface area contributed by atoms with Crippen molar-refractivity contribution in [2.45, 2.75) is 216 Å². The van der Waals surface area contributed by atoms with Crippen LogP contribution in [0.15, 0.2) is 11.6 Å². The molecule has 66 heavy (non-hydrogen) atoms. The number of fused-ring (bicyclic) bond motifs is 5. The van der Waals surface area contributed by atoms with E-state index < -0.39 is 150 Å². The van der Waals surface area contributed by atoms with E-state index in [1.165, 1.54) is 6.92 Å². The van der Waals surface area contributed by atoms with E-state index in [0.717, 1.165) is 5.57 Å². The molecule has 4 aliphatic heterocycles. The molecule has 24 atom stereocenters. The highest BCUT2D eigenvalue weighted by Crippen LogP contribution is 2.75. The SMILES string of the molecule is C[C@@H]1O[C@@H](O[C@H]2[C@H](O[C@@H]3[C@@H](O)[C@H](O[C@@H]4CC[C@H]5C(=CC[C@@H]6[C@@]5(C)C(=O)C[C@]5(C)[C@@H]([C@]7(C)O[C@H](C(C)(C)O)CC7=O)[C@H](O)C[C@@]65C)C4(C)C)OC[C@H]3O)O[C@H](CO)[C@@H](O)[C@@H]2O)[C@H](O)[C@H](O)[C@H]1O. The van der Waals surface area contributed by atoms with Crippen molar-refractivity contribution >= 4 is 11.6 Å². The molecule has 4 aliphatic carbocycles. The molecule has 0 aromatic heterocycles. The van der Waals surface area contributed by atoms with Crippen LogP contribution in [0.4, 0.5) is 0 Å². The molecule has 4 saturated heterocycles. The summed E-state index contributed by atoms with van der Waals surface area (Å²) in [7, 11) is 0. The minimum absolute atomic E-state index is 0.0141. The Hall–Kier alpha value is -1.60. The van der Waals surface area contributed by atoms with Crippen LogP contribution in [-0.4, -0.2) is 191 Å². The van der Waals surface area contributed by atoms with Gasteiger partial charge in [-0.15, -0.1) is 0 Å². The third kappa shape index (κ3) is 7.65. The van der Waals surface area contributed by atoms with Crippen LogP contribution in [0.5, 0.6) is 0 Å². The molecule has 10 N–H and O–H groups in total. The van der Waals surface area contributed by atoms with Crippen molar-refractivity contribution in [2.24, 2.45) is 39.4 Å². The second kappa shape index (κ2) is 17.3. The lowest BCUT2D eigenvalue weighted by Crippen LogP contribution is -2.66. The highest BCUT2D eigenvalue weighted by molar-refractivity contribution is 5.91. The molecule has 0 bridgehead atoms. The molecule has 0 aromatic carbocycles. The largest absolute Gasteiger partial charge is 0.394 e. The molecule has 7 fully saturated rings. The zero-order valence-electron chi connectivity index (χ0n) is 39.4. The van der Waals surface area contributed by atoms with Crippen LogP contribution >= 0.6 is 0 Å². The minimum Gasteiger partial charge on any atom is -0.394 e. The van der Waals surface area contributed by atoms with Gasteiger partial charge in [0.15, 0.2) is 24.7 Å². The Morgan fingerprint density at radius 2 is 1.41 bits per heavy atom. The monoisotopic (exact) mass is 942 g/mol. The molecule has 19 heteroatoms. The quantitative estimate of drug-likeness (QED) is 0.126. The number of aliphatic hydroxyl groups excluding tert-OH is 9. The Kier molecular flexibility index (Phi) is 13.3. The Labute approximate surface area is 385 Å². The topological polar surface area (TPSA) is 301 Å². The summed E-state index contributed by atoms with van der Waals surface area (Å²) in [6.07, 6.45) is -19.9. The summed E-state index contributed by atoms with van der Waals surface area (Å²) < 4.78 is 42.2. The maximum Gasteiger partial charge on any atom is 0.187 e. The maximum absolute atomic E-state index is 15.0. The number of hydrogen-bond donors (Lipinski definition) is 10. The van der Waals surface area contributed by atoms with Gasteiger partial charge in [0.2, 0.25) is 0 Å². The molecule has 4 heterocycles. The van der Waals surface area contributed by atoms with Gasteiger partial charge in [-0.1, -0.05) is 46.3 Å². The number of carbonyl (C=O) groups excluding carboxylic acids is 2. The summed E-state index contributed by atoms with van der Waals surface area (Å²) in [6, 6.07) is 0. The van der Waals surface area contributed by atoms with E-state index in [0.29, 0.717) is 25.7 Å². The number of ether oxygens (including phenoxy) is 7. The van der Waals surface area contributed by atoms with Crippen LogP contribution in [0.2, 0.25) is 0 Å². The Bertz CT molecular complexity index is 1870. The summed E-state index contributed by atoms with van der Waals surface area (Å²) in [5.74, 6) is -1.17. The van der Waals surface area contributed by atoms with Gasteiger partial charge in [0.25, 0.3) is 0 Å². The van der Waals surface area contributed by atoms with Crippen molar-refractivity contribution in [1.82, 2.24) is 0 Å². The lowest BCUT2D eigenvalue weighted by atomic mass is 9.38. The van der Waals surface area contributed by atoms with E-state index in [1.807, 2.05) is 20.8 Å². The number of hydrogen-bond acceptors (Lipinski definition) is 19. The van der Waals surface area contributed by atoms with Crippen LogP contribution in [0, 0.1) is 39.4 Å². The average molecular weight is 943 g/mol. The van der Waals surface area contributed by atoms with Gasteiger partial charge in [0, 0.05) is 29.6 Å². The van der Waals surface area contributed by atoms with Crippen molar-refractivity contribution < 1.29 is 93.8 Å². The lowest BCUT2D eigenvalue weighted by molar-refractivity contribution is -0.384. The van der Waals surface area contributed by atoms with Crippen molar-refractivity contribution in [3.63, 3.8) is 0 Å². The van der Waals surface area contributed by atoms with Crippen molar-refractivity contribution in [1.29, 1.82) is 0 Å². The molecule has 0 spiro atoms. The van der Waals surface area contributed by atoms with Gasteiger partial charge >= 0.3 is 0 Å². The highest BCUT2D eigenvalue weighted by atomic mass is 16.8. The van der Waals surface area contributed by atoms with Crippen molar-refractivity contribution in [3.8, 4) is 0 Å². The van der Waals surface area contributed by atoms with Crippen LogP contribution in [-0.2, 0) is 42.7 Å². The van der Waals surface area contributed by atoms with Crippen molar-refractivity contribution in [2.75, 3.05) is 13.2 Å². The van der Waals surface area contributed by atoms with Gasteiger partial charge in [0.1, 0.15) is 72.4 Å². The molecule has 0 aromatic rings. The normalized spacial score (nSPS) is 54.1. The minimum atomic E-state index is -1.83. The fourth-order valence-electron chi connectivity index (χ4n) is 14.1. The van der Waals surface area contributed by atoms with E-state index in [1.54, 1.807) is 20.8 Å². The summed E-state index contributed by atoms with van der Waals surface area (Å²) in [5.41, 5.74) is -4.55. The first-order chi connectivity index (χ1) is 30.6. The molecule has 8 aliphatic rings. The van der Waals surface area contributed by atoms with E-state index >= 15 is 4.79 Å². The second-order valence-electron chi connectivity index (χ2n) is 22.7. The summed E-state index contributed by atoms with van der Waals surface area (Å²) in [5, 5.41) is 109. The smallest absolute Gasteiger partial charge is 0.187 e. The lowest BCUT2D eigenvalue weighted by Gasteiger charge is -2.65. The van der Waals surface area contributed by atoms with Gasteiger partial charge in [-0.25, -0.2) is 0 Å². The first-order valence-corrected chi connectivity index (χ1v) is 23.7. The number of carbonyl (C=O) groups is 2. The van der Waals surface area contributed by atoms with Gasteiger partial charge in [-0.2, -0.15) is 0 Å². The first kappa shape index (κ1) is 50.8. The number of Topliss-reactive ketones (excluding diaryl/α,β-unsaturated/α-hetero) is 2. The molecule has 19 nitrogen and oxygen atoms in total. The zero-order chi connectivity index (χ0) is 48.6. The summed E-state index contributed by atoms with van der Waals surface area (Å²) >= 11 is 0. The van der Waals surface area contributed by atoms with Gasteiger partial charge in [-0.3, -0.25) is 9.59 Å². The molecule has 0 radical (unpaired) electrons. The average Bonchev–Trinajstić information content (AvgIpc) is 3.66. The molecule has 0 unspecified atom stereocenters. The maximum atomic E-state index is 15.0. The van der Waals surface area contributed by atoms with E-state index in [-0.39, 0.29) is 42.9 Å². The first-order valence-electron chi connectivity index (χ1n) is 23.7. The van der Waals surface area contributed by atoms with Gasteiger partial charge in [0.05, 0.1) is 43.2 Å². The Balaban J connectivity index is 1.00. The molecule has 3 saturated carbocycles. The fourth-order valence-corrected chi connectivity index (χ4v) is 14.1. The standard InChI is InChI=1S/C47H74O19/c1-19-30(53)32(55)34(57)40(61-19)65-37-33(56)31(54)24(17-48)62-41(37)64-36-23(50)18-60-39(35(36)58)63-28-13-11-21-20(42(28,2)3)10-12-25-44(6)15-22(49)38(45(44,7)16-27(52)46(21,25)8)47(9)26(51)14-29(66-47)43(4,5)59/h10,19,21-25,28-41,48-50,53-59H,11-18H2,1-9H3/t19-,21-,22+,23+,24+,25-,28+,29-,30-,31+,32+,33-,34+,35+,36-,37+,38-,39-,40-,41-,44-,45+,46-,47+/m0/s1. The van der Waals surface area contributed by atoms with Crippen LogP contribution in [0.3, 0.4) is 0 Å². The molecular formula is C47H74O19. The van der Waals surface area contributed by atoms with Crippen LogP contribution in [0.1, 0.15) is 101 Å². The number of ketones is 2.